The SMILES string of the molecule is COc1ccc(C(N)C(=O)O)cc1OC1CCC1. The lowest BCUT2D eigenvalue weighted by Gasteiger charge is -2.27. The van der Waals surface area contributed by atoms with Gasteiger partial charge in [0.2, 0.25) is 0 Å². The van der Waals surface area contributed by atoms with Crippen LogP contribution in [-0.2, 0) is 4.79 Å². The van der Waals surface area contributed by atoms with Gasteiger partial charge in [0, 0.05) is 0 Å². The molecule has 5 heteroatoms. The predicted molar refractivity (Wildman–Crippen MR) is 65.8 cm³/mol. The maximum absolute atomic E-state index is 10.9. The van der Waals surface area contributed by atoms with Crippen molar-refractivity contribution in [3.63, 3.8) is 0 Å². The second kappa shape index (κ2) is 5.27. The molecule has 0 radical (unpaired) electrons. The monoisotopic (exact) mass is 251 g/mol. The van der Waals surface area contributed by atoms with Crippen LogP contribution in [0.2, 0.25) is 0 Å². The van der Waals surface area contributed by atoms with Gasteiger partial charge < -0.3 is 20.3 Å². The van der Waals surface area contributed by atoms with E-state index in [2.05, 4.69) is 0 Å². The van der Waals surface area contributed by atoms with Crippen LogP contribution in [-0.4, -0.2) is 24.3 Å². The van der Waals surface area contributed by atoms with Gasteiger partial charge in [-0.25, -0.2) is 0 Å². The van der Waals surface area contributed by atoms with Crippen molar-refractivity contribution in [2.75, 3.05) is 7.11 Å². The molecule has 18 heavy (non-hydrogen) atoms. The first-order chi connectivity index (χ1) is 8.61. The number of benzene rings is 1. The third-order valence-corrected chi connectivity index (χ3v) is 3.16. The molecule has 0 saturated heterocycles. The van der Waals surface area contributed by atoms with Crippen LogP contribution in [0.25, 0.3) is 0 Å². The molecule has 1 aliphatic rings. The Hall–Kier alpha value is -1.75. The molecule has 1 aliphatic carbocycles. The van der Waals surface area contributed by atoms with Crippen LogP contribution >= 0.6 is 0 Å². The standard InChI is InChI=1S/C13H17NO4/c1-17-10-6-5-8(12(14)13(15)16)7-11(10)18-9-3-2-4-9/h5-7,9,12H,2-4,14H2,1H3,(H,15,16). The summed E-state index contributed by atoms with van der Waals surface area (Å²) < 4.78 is 11.0. The number of hydrogen-bond acceptors (Lipinski definition) is 4. The summed E-state index contributed by atoms with van der Waals surface area (Å²) in [6.45, 7) is 0. The van der Waals surface area contributed by atoms with Gasteiger partial charge in [-0.05, 0) is 37.0 Å². The molecule has 98 valence electrons. The molecule has 0 spiro atoms. The predicted octanol–water partition coefficient (Wildman–Crippen LogP) is 1.71. The lowest BCUT2D eigenvalue weighted by molar-refractivity contribution is -0.138. The highest BCUT2D eigenvalue weighted by molar-refractivity contribution is 5.75. The van der Waals surface area contributed by atoms with E-state index < -0.39 is 12.0 Å². The molecule has 0 heterocycles. The van der Waals surface area contributed by atoms with Gasteiger partial charge in [-0.3, -0.25) is 4.79 Å². The van der Waals surface area contributed by atoms with Crippen molar-refractivity contribution in [2.45, 2.75) is 31.4 Å². The minimum absolute atomic E-state index is 0.204. The lowest BCUT2D eigenvalue weighted by atomic mass is 9.96. The number of carboxylic acids is 1. The quantitative estimate of drug-likeness (QED) is 0.832. The molecular weight excluding hydrogens is 234 g/mol. The van der Waals surface area contributed by atoms with E-state index in [0.29, 0.717) is 17.1 Å². The second-order valence-electron chi connectivity index (χ2n) is 4.40. The summed E-state index contributed by atoms with van der Waals surface area (Å²) in [5, 5.41) is 8.89. The van der Waals surface area contributed by atoms with Crippen LogP contribution in [0.3, 0.4) is 0 Å². The molecule has 0 aliphatic heterocycles. The van der Waals surface area contributed by atoms with E-state index in [1.165, 1.54) is 6.42 Å². The molecule has 3 N–H and O–H groups in total. The van der Waals surface area contributed by atoms with E-state index in [1.807, 2.05) is 0 Å². The van der Waals surface area contributed by atoms with Crippen molar-refractivity contribution >= 4 is 5.97 Å². The van der Waals surface area contributed by atoms with E-state index in [0.717, 1.165) is 12.8 Å². The highest BCUT2D eigenvalue weighted by atomic mass is 16.5. The van der Waals surface area contributed by atoms with Gasteiger partial charge in [0.05, 0.1) is 13.2 Å². The number of ether oxygens (including phenoxy) is 2. The molecule has 1 unspecified atom stereocenters. The second-order valence-corrected chi connectivity index (χ2v) is 4.40. The summed E-state index contributed by atoms with van der Waals surface area (Å²) in [6, 6.07) is 3.94. The Balaban J connectivity index is 2.23. The summed E-state index contributed by atoms with van der Waals surface area (Å²) in [6.07, 6.45) is 3.42. The molecule has 1 saturated carbocycles. The highest BCUT2D eigenvalue weighted by Crippen LogP contribution is 2.34. The fourth-order valence-electron chi connectivity index (χ4n) is 1.79. The molecule has 1 aromatic rings. The average Bonchev–Trinajstić information content (AvgIpc) is 2.32. The summed E-state index contributed by atoms with van der Waals surface area (Å²) in [7, 11) is 1.56. The number of carbonyl (C=O) groups is 1. The first-order valence-electron chi connectivity index (χ1n) is 5.95. The Bertz CT molecular complexity index is 443. The molecular formula is C13H17NO4. The number of carboxylic acid groups (broad SMARTS) is 1. The Morgan fingerprint density at radius 3 is 2.67 bits per heavy atom. The Morgan fingerprint density at radius 1 is 1.44 bits per heavy atom. The van der Waals surface area contributed by atoms with Crippen molar-refractivity contribution in [3.8, 4) is 11.5 Å². The Morgan fingerprint density at radius 2 is 2.17 bits per heavy atom. The van der Waals surface area contributed by atoms with E-state index in [4.69, 9.17) is 20.3 Å². The summed E-state index contributed by atoms with van der Waals surface area (Å²) >= 11 is 0. The summed E-state index contributed by atoms with van der Waals surface area (Å²) in [5.74, 6) is 0.106. The zero-order valence-electron chi connectivity index (χ0n) is 10.3. The maximum Gasteiger partial charge on any atom is 0.325 e. The Kier molecular flexibility index (Phi) is 3.72. The van der Waals surface area contributed by atoms with Crippen molar-refractivity contribution < 1.29 is 19.4 Å². The number of aliphatic carboxylic acids is 1. The highest BCUT2D eigenvalue weighted by Gasteiger charge is 2.22. The van der Waals surface area contributed by atoms with Gasteiger partial charge in [-0.1, -0.05) is 6.07 Å². The number of hydrogen-bond donors (Lipinski definition) is 2. The van der Waals surface area contributed by atoms with Crippen LogP contribution in [0, 0.1) is 0 Å². The fourth-order valence-corrected chi connectivity index (χ4v) is 1.79. The Labute approximate surface area is 106 Å². The average molecular weight is 251 g/mol. The zero-order valence-corrected chi connectivity index (χ0v) is 10.3. The molecule has 1 atom stereocenters. The molecule has 0 aromatic heterocycles. The minimum atomic E-state index is -1.06. The molecule has 1 fully saturated rings. The van der Waals surface area contributed by atoms with E-state index >= 15 is 0 Å². The van der Waals surface area contributed by atoms with Crippen LogP contribution in [0.1, 0.15) is 30.9 Å². The normalized spacial score (nSPS) is 16.8. The third kappa shape index (κ3) is 2.56. The first kappa shape index (κ1) is 12.7. The van der Waals surface area contributed by atoms with Gasteiger partial charge in [0.1, 0.15) is 6.04 Å². The summed E-state index contributed by atoms with van der Waals surface area (Å²) in [5.41, 5.74) is 6.09. The van der Waals surface area contributed by atoms with Crippen molar-refractivity contribution in [3.05, 3.63) is 23.8 Å². The fraction of sp³-hybridized carbons (Fsp3) is 0.462. The maximum atomic E-state index is 10.9. The van der Waals surface area contributed by atoms with Crippen molar-refractivity contribution in [2.24, 2.45) is 5.73 Å². The number of rotatable bonds is 5. The van der Waals surface area contributed by atoms with Gasteiger partial charge in [0.25, 0.3) is 0 Å². The van der Waals surface area contributed by atoms with E-state index in [-0.39, 0.29) is 6.10 Å². The number of methoxy groups -OCH3 is 1. The molecule has 2 rings (SSSR count). The minimum Gasteiger partial charge on any atom is -0.493 e. The van der Waals surface area contributed by atoms with Crippen LogP contribution in [0.15, 0.2) is 18.2 Å². The molecule has 1 aromatic carbocycles. The first-order valence-corrected chi connectivity index (χ1v) is 5.95. The third-order valence-electron chi connectivity index (χ3n) is 3.16. The zero-order chi connectivity index (χ0) is 13.1. The number of nitrogens with two attached hydrogens (primary N) is 1. The summed E-state index contributed by atoms with van der Waals surface area (Å²) in [4.78, 5) is 10.9. The van der Waals surface area contributed by atoms with Gasteiger partial charge in [0.15, 0.2) is 11.5 Å². The lowest BCUT2D eigenvalue weighted by Crippen LogP contribution is -2.25. The molecule has 5 nitrogen and oxygen atoms in total. The van der Waals surface area contributed by atoms with Crippen LogP contribution < -0.4 is 15.2 Å². The van der Waals surface area contributed by atoms with E-state index in [9.17, 15) is 4.79 Å². The van der Waals surface area contributed by atoms with Crippen LogP contribution in [0.5, 0.6) is 11.5 Å². The molecule has 0 amide bonds. The topological polar surface area (TPSA) is 81.8 Å². The van der Waals surface area contributed by atoms with E-state index in [1.54, 1.807) is 25.3 Å². The van der Waals surface area contributed by atoms with Gasteiger partial charge in [-0.15, -0.1) is 0 Å². The van der Waals surface area contributed by atoms with Crippen molar-refractivity contribution in [1.29, 1.82) is 0 Å². The van der Waals surface area contributed by atoms with Gasteiger partial charge in [-0.2, -0.15) is 0 Å². The van der Waals surface area contributed by atoms with Crippen molar-refractivity contribution in [1.82, 2.24) is 0 Å². The van der Waals surface area contributed by atoms with Crippen LogP contribution in [0.4, 0.5) is 0 Å². The largest absolute Gasteiger partial charge is 0.493 e. The molecule has 0 bridgehead atoms. The smallest absolute Gasteiger partial charge is 0.325 e. The van der Waals surface area contributed by atoms with Gasteiger partial charge >= 0.3 is 5.97 Å².